The predicted molar refractivity (Wildman–Crippen MR) is 84.1 cm³/mol. The molecule has 0 saturated carbocycles. The van der Waals surface area contributed by atoms with Crippen LogP contribution in [-0.2, 0) is 9.53 Å². The van der Waals surface area contributed by atoms with E-state index in [0.29, 0.717) is 29.1 Å². The number of nitrogens with zero attached hydrogens (tertiary/aromatic N) is 1. The zero-order chi connectivity index (χ0) is 17.1. The van der Waals surface area contributed by atoms with Crippen LogP contribution in [0.2, 0.25) is 0 Å². The first-order valence-corrected chi connectivity index (χ1v) is 7.73. The number of nitrogens with one attached hydrogen (secondary N) is 1. The van der Waals surface area contributed by atoms with Crippen molar-refractivity contribution in [2.45, 2.75) is 45.6 Å². The van der Waals surface area contributed by atoms with Crippen LogP contribution in [0.1, 0.15) is 57.8 Å². The number of esters is 1. The SMILES string of the molecule is COC(=O)c1c(C)[nH]c(C(=O)N2CCCC[C@H]2CC(N)=O)c1C. The fourth-order valence-electron chi connectivity index (χ4n) is 3.23. The first-order valence-electron chi connectivity index (χ1n) is 7.73. The monoisotopic (exact) mass is 321 g/mol. The third-order valence-electron chi connectivity index (χ3n) is 4.37. The van der Waals surface area contributed by atoms with Crippen LogP contribution in [0.4, 0.5) is 0 Å². The van der Waals surface area contributed by atoms with Crippen molar-refractivity contribution >= 4 is 17.8 Å². The minimum Gasteiger partial charge on any atom is -0.465 e. The quantitative estimate of drug-likeness (QED) is 0.815. The number of methoxy groups -OCH3 is 1. The van der Waals surface area contributed by atoms with Crippen molar-refractivity contribution in [3.8, 4) is 0 Å². The molecule has 1 fully saturated rings. The summed E-state index contributed by atoms with van der Waals surface area (Å²) in [6, 6.07) is -0.182. The number of likely N-dealkylation sites (tertiary alicyclic amines) is 1. The van der Waals surface area contributed by atoms with E-state index in [-0.39, 0.29) is 18.4 Å². The molecular weight excluding hydrogens is 298 g/mol. The Labute approximate surface area is 135 Å². The van der Waals surface area contributed by atoms with E-state index >= 15 is 0 Å². The number of amides is 2. The lowest BCUT2D eigenvalue weighted by atomic mass is 9.98. The summed E-state index contributed by atoms with van der Waals surface area (Å²) in [5.41, 5.74) is 7.23. The molecule has 1 aromatic heterocycles. The van der Waals surface area contributed by atoms with E-state index in [9.17, 15) is 14.4 Å². The molecular formula is C16H23N3O4. The summed E-state index contributed by atoms with van der Waals surface area (Å²) in [6.45, 7) is 4.03. The molecule has 1 aliphatic heterocycles. The Balaban J connectivity index is 2.32. The summed E-state index contributed by atoms with van der Waals surface area (Å²) in [7, 11) is 1.31. The molecule has 0 bridgehead atoms. The van der Waals surface area contributed by atoms with Crippen molar-refractivity contribution in [2.75, 3.05) is 13.7 Å². The average Bonchev–Trinajstić information content (AvgIpc) is 2.81. The van der Waals surface area contributed by atoms with E-state index in [1.165, 1.54) is 7.11 Å². The molecule has 7 nitrogen and oxygen atoms in total. The van der Waals surface area contributed by atoms with Gasteiger partial charge in [0.05, 0.1) is 12.7 Å². The second-order valence-electron chi connectivity index (χ2n) is 5.94. The van der Waals surface area contributed by atoms with Gasteiger partial charge in [0, 0.05) is 24.7 Å². The van der Waals surface area contributed by atoms with Gasteiger partial charge < -0.3 is 20.4 Å². The van der Waals surface area contributed by atoms with Crippen molar-refractivity contribution in [3.05, 3.63) is 22.5 Å². The molecule has 1 aliphatic rings. The molecule has 2 heterocycles. The lowest BCUT2D eigenvalue weighted by Crippen LogP contribution is -2.45. The lowest BCUT2D eigenvalue weighted by Gasteiger charge is -2.35. The largest absolute Gasteiger partial charge is 0.465 e. The smallest absolute Gasteiger partial charge is 0.339 e. The van der Waals surface area contributed by atoms with Gasteiger partial charge in [0.1, 0.15) is 5.69 Å². The summed E-state index contributed by atoms with van der Waals surface area (Å²) in [5.74, 6) is -1.08. The number of primary amides is 1. The number of rotatable bonds is 4. The van der Waals surface area contributed by atoms with Gasteiger partial charge in [-0.15, -0.1) is 0 Å². The number of hydrogen-bond donors (Lipinski definition) is 2. The standard InChI is InChI=1S/C16H23N3O4/c1-9-13(16(22)23-3)10(2)18-14(9)15(21)19-7-5-4-6-11(19)8-12(17)20/h11,18H,4-8H2,1-3H3,(H2,17,20)/t11-/m0/s1. The zero-order valence-corrected chi connectivity index (χ0v) is 13.8. The first kappa shape index (κ1) is 17.1. The van der Waals surface area contributed by atoms with Gasteiger partial charge in [0.2, 0.25) is 5.91 Å². The van der Waals surface area contributed by atoms with Crippen LogP contribution >= 0.6 is 0 Å². The van der Waals surface area contributed by atoms with Crippen LogP contribution in [0.3, 0.4) is 0 Å². The number of H-pyrrole nitrogens is 1. The van der Waals surface area contributed by atoms with Crippen LogP contribution in [0, 0.1) is 13.8 Å². The summed E-state index contributed by atoms with van der Waals surface area (Å²) in [6.07, 6.45) is 2.78. The maximum absolute atomic E-state index is 12.9. The van der Waals surface area contributed by atoms with Crippen LogP contribution in [-0.4, -0.2) is 47.4 Å². The first-order chi connectivity index (χ1) is 10.9. The molecule has 1 atom stereocenters. The molecule has 3 N–H and O–H groups in total. The van der Waals surface area contributed by atoms with E-state index in [2.05, 4.69) is 4.98 Å². The highest BCUT2D eigenvalue weighted by atomic mass is 16.5. The minimum absolute atomic E-state index is 0.161. The number of aromatic nitrogens is 1. The zero-order valence-electron chi connectivity index (χ0n) is 13.8. The number of carbonyl (C=O) groups is 3. The Morgan fingerprint density at radius 3 is 2.61 bits per heavy atom. The highest BCUT2D eigenvalue weighted by Crippen LogP contribution is 2.25. The Kier molecular flexibility index (Phi) is 5.08. The molecule has 7 heteroatoms. The number of aryl methyl sites for hydroxylation is 1. The van der Waals surface area contributed by atoms with E-state index < -0.39 is 11.9 Å². The second kappa shape index (κ2) is 6.85. The van der Waals surface area contributed by atoms with Gasteiger partial charge >= 0.3 is 5.97 Å². The fourth-order valence-corrected chi connectivity index (χ4v) is 3.23. The Bertz CT molecular complexity index is 636. The van der Waals surface area contributed by atoms with E-state index in [0.717, 1.165) is 19.3 Å². The van der Waals surface area contributed by atoms with Gasteiger partial charge in [-0.3, -0.25) is 9.59 Å². The number of ether oxygens (including phenoxy) is 1. The maximum atomic E-state index is 12.9. The molecule has 0 aromatic carbocycles. The molecule has 23 heavy (non-hydrogen) atoms. The summed E-state index contributed by atoms with van der Waals surface area (Å²) >= 11 is 0. The average molecular weight is 321 g/mol. The van der Waals surface area contributed by atoms with Gasteiger partial charge in [-0.1, -0.05) is 0 Å². The molecule has 2 amide bonds. The minimum atomic E-state index is -0.470. The maximum Gasteiger partial charge on any atom is 0.339 e. The normalized spacial score (nSPS) is 17.9. The predicted octanol–water partition coefficient (Wildman–Crippen LogP) is 1.29. The third kappa shape index (κ3) is 3.38. The topological polar surface area (TPSA) is 105 Å². The molecule has 1 aromatic rings. The van der Waals surface area contributed by atoms with Crippen LogP contribution in [0.25, 0.3) is 0 Å². The van der Waals surface area contributed by atoms with Crippen LogP contribution < -0.4 is 5.73 Å². The lowest BCUT2D eigenvalue weighted by molar-refractivity contribution is -0.119. The molecule has 0 unspecified atom stereocenters. The van der Waals surface area contributed by atoms with Crippen molar-refractivity contribution < 1.29 is 19.1 Å². The number of carbonyl (C=O) groups excluding carboxylic acids is 3. The van der Waals surface area contributed by atoms with Gasteiger partial charge in [-0.05, 0) is 38.7 Å². The highest BCUT2D eigenvalue weighted by Gasteiger charge is 2.32. The third-order valence-corrected chi connectivity index (χ3v) is 4.37. The number of hydrogen-bond acceptors (Lipinski definition) is 4. The van der Waals surface area contributed by atoms with Gasteiger partial charge in [-0.2, -0.15) is 0 Å². The van der Waals surface area contributed by atoms with Gasteiger partial charge in [0.15, 0.2) is 0 Å². The van der Waals surface area contributed by atoms with Crippen LogP contribution in [0.15, 0.2) is 0 Å². The van der Waals surface area contributed by atoms with E-state index in [1.807, 2.05) is 0 Å². The Morgan fingerprint density at radius 2 is 2.00 bits per heavy atom. The fraction of sp³-hybridized carbons (Fsp3) is 0.562. The Hall–Kier alpha value is -2.31. The summed E-state index contributed by atoms with van der Waals surface area (Å²) < 4.78 is 4.77. The number of piperidine rings is 1. The molecule has 0 spiro atoms. The highest BCUT2D eigenvalue weighted by molar-refractivity contribution is 6.00. The molecule has 0 radical (unpaired) electrons. The summed E-state index contributed by atoms with van der Waals surface area (Å²) in [4.78, 5) is 40.6. The van der Waals surface area contributed by atoms with Crippen molar-refractivity contribution in [2.24, 2.45) is 5.73 Å². The van der Waals surface area contributed by atoms with Gasteiger partial charge in [-0.25, -0.2) is 4.79 Å². The Morgan fingerprint density at radius 1 is 1.30 bits per heavy atom. The van der Waals surface area contributed by atoms with Crippen molar-refractivity contribution in [3.63, 3.8) is 0 Å². The number of nitrogens with two attached hydrogens (primary N) is 1. The van der Waals surface area contributed by atoms with E-state index in [4.69, 9.17) is 10.5 Å². The van der Waals surface area contributed by atoms with Crippen molar-refractivity contribution in [1.82, 2.24) is 9.88 Å². The summed E-state index contributed by atoms with van der Waals surface area (Å²) in [5, 5.41) is 0. The molecule has 1 saturated heterocycles. The van der Waals surface area contributed by atoms with Crippen molar-refractivity contribution in [1.29, 1.82) is 0 Å². The van der Waals surface area contributed by atoms with E-state index in [1.54, 1.807) is 18.7 Å². The number of aromatic amines is 1. The van der Waals surface area contributed by atoms with Crippen LogP contribution in [0.5, 0.6) is 0 Å². The van der Waals surface area contributed by atoms with Gasteiger partial charge in [0.25, 0.3) is 5.91 Å². The second-order valence-corrected chi connectivity index (χ2v) is 5.94. The molecule has 126 valence electrons. The molecule has 2 rings (SSSR count). The molecule has 0 aliphatic carbocycles.